The third-order valence-corrected chi connectivity index (χ3v) is 12.8. The van der Waals surface area contributed by atoms with Gasteiger partial charge in [0, 0.05) is 113 Å². The van der Waals surface area contributed by atoms with Crippen LogP contribution in [0.25, 0.3) is 22.2 Å². The predicted molar refractivity (Wildman–Crippen MR) is 243 cm³/mol. The molecule has 0 saturated carbocycles. The van der Waals surface area contributed by atoms with Crippen molar-refractivity contribution in [3.63, 3.8) is 0 Å². The Kier molecular flexibility index (Phi) is 13.2. The van der Waals surface area contributed by atoms with Gasteiger partial charge in [0.2, 0.25) is 23.6 Å². The van der Waals surface area contributed by atoms with Gasteiger partial charge in [-0.05, 0) is 66.8 Å². The average molecular weight is 896 g/mol. The van der Waals surface area contributed by atoms with Gasteiger partial charge in [-0.3, -0.25) is 39.5 Å². The fraction of sp³-hybridized carbons (Fsp3) is 0.413. The SMILES string of the molecule is C[C@@H](Oc1ccc2[nH]nc(-c3ccc(N4CCN(C(=O)CC(C)(C)CNC(=O)CN5CCN(c6ccc(C7CCC(=O)NC7=O)cc6)CC5)CC4)nc3)c2c1)c1c(Cl)cncc1Cl. The van der Waals surface area contributed by atoms with Crippen LogP contribution in [0.1, 0.15) is 63.2 Å². The second-order valence-corrected chi connectivity index (χ2v) is 18.1. The zero-order valence-electron chi connectivity index (χ0n) is 35.7. The number of ether oxygens (including phenoxy) is 1. The minimum atomic E-state index is -0.414. The lowest BCUT2D eigenvalue weighted by Crippen LogP contribution is -2.51. The molecule has 3 N–H and O–H groups in total. The fourth-order valence-electron chi connectivity index (χ4n) is 8.53. The molecular weight excluding hydrogens is 843 g/mol. The highest BCUT2D eigenvalue weighted by Gasteiger charge is 2.30. The van der Waals surface area contributed by atoms with Crippen LogP contribution in [0.4, 0.5) is 11.5 Å². The number of amides is 4. The van der Waals surface area contributed by atoms with E-state index >= 15 is 0 Å². The molecule has 3 aromatic heterocycles. The summed E-state index contributed by atoms with van der Waals surface area (Å²) in [5.74, 6) is 0.760. The number of benzene rings is 2. The molecule has 3 aliphatic rings. The van der Waals surface area contributed by atoms with Gasteiger partial charge in [0.05, 0.1) is 28.0 Å². The van der Waals surface area contributed by atoms with Crippen molar-refractivity contribution in [2.24, 2.45) is 5.41 Å². The standard InChI is InChI=1S/C46H52Cl2N10O5/c1-29(43-36(47)25-49-26-37(43)48)63-33-9-11-38-35(22-33)44(54-53-38)31-6-12-39(50-24-31)57-18-20-58(21-19-57)42(61)23-46(2,3)28-51-41(60)27-55-14-16-56(17-15-55)32-7-4-30(5-8-32)34-10-13-40(59)52-45(34)62/h4-9,11-12,22,24-26,29,34H,10,13-21,23,27-28H2,1-3H3,(H,51,60)(H,53,54)(H,52,59,62)/t29-,34?/m1/s1. The molecule has 0 spiro atoms. The number of H-pyrrole nitrogens is 1. The molecule has 8 rings (SSSR count). The Labute approximate surface area is 376 Å². The number of aromatic amines is 1. The van der Waals surface area contributed by atoms with Gasteiger partial charge >= 0.3 is 0 Å². The van der Waals surface area contributed by atoms with Crippen LogP contribution in [0.15, 0.2) is 73.2 Å². The number of carbonyl (C=O) groups is 4. The lowest BCUT2D eigenvalue weighted by molar-refractivity contribution is -0.135. The number of halogens is 2. The molecule has 5 aromatic rings. The molecule has 4 amide bonds. The lowest BCUT2D eigenvalue weighted by Gasteiger charge is -2.37. The zero-order valence-corrected chi connectivity index (χ0v) is 37.2. The number of anilines is 2. The normalized spacial score (nSPS) is 18.0. The van der Waals surface area contributed by atoms with Gasteiger partial charge in [0.1, 0.15) is 23.4 Å². The number of piperazine rings is 2. The number of rotatable bonds is 13. The number of fused-ring (bicyclic) bond motifs is 1. The van der Waals surface area contributed by atoms with E-state index < -0.39 is 11.5 Å². The molecule has 3 saturated heterocycles. The van der Waals surface area contributed by atoms with Crippen molar-refractivity contribution in [1.29, 1.82) is 0 Å². The summed E-state index contributed by atoms with van der Waals surface area (Å²) in [6.07, 6.45) is 5.73. The van der Waals surface area contributed by atoms with Gasteiger partial charge in [-0.25, -0.2) is 4.98 Å². The van der Waals surface area contributed by atoms with Gasteiger partial charge in [-0.2, -0.15) is 5.10 Å². The number of hydrogen-bond acceptors (Lipinski definition) is 11. The maximum absolute atomic E-state index is 13.5. The lowest BCUT2D eigenvalue weighted by atomic mass is 9.88. The first-order valence-electron chi connectivity index (χ1n) is 21.4. The number of piperidine rings is 1. The van der Waals surface area contributed by atoms with Crippen molar-refractivity contribution in [3.8, 4) is 17.0 Å². The number of aromatic nitrogens is 4. The first-order chi connectivity index (χ1) is 30.3. The Morgan fingerprint density at radius 1 is 0.905 bits per heavy atom. The van der Waals surface area contributed by atoms with Gasteiger partial charge < -0.3 is 24.8 Å². The molecule has 63 heavy (non-hydrogen) atoms. The minimum absolute atomic E-state index is 0.0490. The van der Waals surface area contributed by atoms with Crippen LogP contribution in [0.2, 0.25) is 10.0 Å². The monoisotopic (exact) mass is 894 g/mol. The highest BCUT2D eigenvalue weighted by molar-refractivity contribution is 6.35. The minimum Gasteiger partial charge on any atom is -0.486 e. The molecule has 330 valence electrons. The van der Waals surface area contributed by atoms with Gasteiger partial charge in [-0.15, -0.1) is 0 Å². The first-order valence-corrected chi connectivity index (χ1v) is 22.2. The van der Waals surface area contributed by atoms with Crippen LogP contribution in [0.3, 0.4) is 0 Å². The van der Waals surface area contributed by atoms with E-state index in [4.69, 9.17) is 32.9 Å². The Morgan fingerprint density at radius 3 is 2.30 bits per heavy atom. The van der Waals surface area contributed by atoms with E-state index in [1.54, 1.807) is 12.4 Å². The van der Waals surface area contributed by atoms with Crippen LogP contribution in [-0.4, -0.2) is 119 Å². The molecule has 2 aromatic carbocycles. The summed E-state index contributed by atoms with van der Waals surface area (Å²) in [6.45, 7) is 12.2. The highest BCUT2D eigenvalue weighted by Crippen LogP contribution is 2.35. The second-order valence-electron chi connectivity index (χ2n) is 17.3. The summed E-state index contributed by atoms with van der Waals surface area (Å²) >= 11 is 12.7. The number of hydrogen-bond donors (Lipinski definition) is 3. The molecule has 15 nitrogen and oxygen atoms in total. The number of nitrogens with one attached hydrogen (secondary N) is 3. The Balaban J connectivity index is 0.761. The second kappa shape index (κ2) is 18.9. The topological polar surface area (TPSA) is 169 Å². The fourth-order valence-corrected chi connectivity index (χ4v) is 9.20. The van der Waals surface area contributed by atoms with Crippen LogP contribution in [0, 0.1) is 5.41 Å². The molecule has 6 heterocycles. The third kappa shape index (κ3) is 10.4. The van der Waals surface area contributed by atoms with E-state index in [9.17, 15) is 19.2 Å². The summed E-state index contributed by atoms with van der Waals surface area (Å²) in [7, 11) is 0. The Hall–Kier alpha value is -5.77. The number of pyridine rings is 2. The molecule has 1 unspecified atom stereocenters. The van der Waals surface area contributed by atoms with Crippen molar-refractivity contribution in [3.05, 3.63) is 94.4 Å². The smallest absolute Gasteiger partial charge is 0.234 e. The summed E-state index contributed by atoms with van der Waals surface area (Å²) in [5, 5.41) is 15.0. The van der Waals surface area contributed by atoms with Gasteiger partial charge in [0.25, 0.3) is 0 Å². The quantitative estimate of drug-likeness (QED) is 0.119. The summed E-state index contributed by atoms with van der Waals surface area (Å²) < 4.78 is 6.24. The molecule has 0 aliphatic carbocycles. The maximum atomic E-state index is 13.5. The predicted octanol–water partition coefficient (Wildman–Crippen LogP) is 5.99. The number of imide groups is 1. The van der Waals surface area contributed by atoms with E-state index in [2.05, 4.69) is 40.5 Å². The van der Waals surface area contributed by atoms with Crippen LogP contribution < -0.4 is 25.2 Å². The Bertz CT molecular complexity index is 2440. The third-order valence-electron chi connectivity index (χ3n) is 12.2. The first kappa shape index (κ1) is 43.9. The van der Waals surface area contributed by atoms with Crippen LogP contribution in [0.5, 0.6) is 5.75 Å². The summed E-state index contributed by atoms with van der Waals surface area (Å²) in [5.41, 5.74) is 4.72. The molecule has 3 aliphatic heterocycles. The summed E-state index contributed by atoms with van der Waals surface area (Å²) in [4.78, 5) is 67.6. The van der Waals surface area contributed by atoms with Crippen LogP contribution in [-0.2, 0) is 19.2 Å². The largest absolute Gasteiger partial charge is 0.486 e. The van der Waals surface area contributed by atoms with E-state index in [0.717, 1.165) is 65.4 Å². The Morgan fingerprint density at radius 2 is 1.62 bits per heavy atom. The molecular formula is C46H52Cl2N10O5. The highest BCUT2D eigenvalue weighted by atomic mass is 35.5. The molecule has 0 bridgehead atoms. The summed E-state index contributed by atoms with van der Waals surface area (Å²) in [6, 6.07) is 17.7. The zero-order chi connectivity index (χ0) is 44.3. The maximum Gasteiger partial charge on any atom is 0.234 e. The van der Waals surface area contributed by atoms with Gasteiger partial charge in [0.15, 0.2) is 0 Å². The average Bonchev–Trinajstić information content (AvgIpc) is 3.69. The van der Waals surface area contributed by atoms with Crippen molar-refractivity contribution in [2.45, 2.75) is 52.1 Å². The van der Waals surface area contributed by atoms with Crippen LogP contribution >= 0.6 is 23.2 Å². The number of nitrogens with zero attached hydrogens (tertiary/aromatic N) is 7. The molecule has 2 atom stereocenters. The molecule has 3 fully saturated rings. The van der Waals surface area contributed by atoms with Crippen molar-refractivity contribution in [1.82, 2.24) is 40.6 Å². The molecule has 17 heteroatoms. The van der Waals surface area contributed by atoms with Crippen molar-refractivity contribution in [2.75, 3.05) is 75.2 Å². The van der Waals surface area contributed by atoms with E-state index in [0.29, 0.717) is 79.9 Å². The van der Waals surface area contributed by atoms with E-state index in [1.807, 2.05) is 86.5 Å². The van der Waals surface area contributed by atoms with Gasteiger partial charge in [-0.1, -0.05) is 49.2 Å². The number of carbonyl (C=O) groups excluding carboxylic acids is 4. The van der Waals surface area contributed by atoms with E-state index in [-0.39, 0.29) is 29.5 Å². The van der Waals surface area contributed by atoms with E-state index in [1.165, 1.54) is 0 Å². The van der Waals surface area contributed by atoms with Crippen molar-refractivity contribution >= 4 is 69.2 Å². The van der Waals surface area contributed by atoms with Crippen molar-refractivity contribution < 1.29 is 23.9 Å². The molecule has 0 radical (unpaired) electrons.